The van der Waals surface area contributed by atoms with Gasteiger partial charge in [0, 0.05) is 6.54 Å². The highest BCUT2D eigenvalue weighted by Gasteiger charge is 2.31. The number of benzene rings is 2. The summed E-state index contributed by atoms with van der Waals surface area (Å²) in [5, 5.41) is 0. The molecule has 1 amide bonds. The van der Waals surface area contributed by atoms with E-state index in [2.05, 4.69) is 50.0 Å². The maximum atomic E-state index is 12.8. The summed E-state index contributed by atoms with van der Waals surface area (Å²) in [6, 6.07) is 16.3. The van der Waals surface area contributed by atoms with Crippen molar-refractivity contribution >= 4 is 5.91 Å². The second-order valence-electron chi connectivity index (χ2n) is 8.22. The van der Waals surface area contributed by atoms with Gasteiger partial charge in [-0.25, -0.2) is 4.98 Å². The zero-order valence-corrected chi connectivity index (χ0v) is 16.8. The molecule has 0 saturated carbocycles. The molecule has 1 aromatic heterocycles. The number of aromatic nitrogens is 2. The Morgan fingerprint density at radius 2 is 1.71 bits per heavy atom. The van der Waals surface area contributed by atoms with Crippen LogP contribution in [-0.2, 0) is 18.6 Å². The van der Waals surface area contributed by atoms with Gasteiger partial charge < -0.3 is 14.2 Å². The van der Waals surface area contributed by atoms with Crippen LogP contribution in [-0.4, -0.2) is 27.5 Å². The highest BCUT2D eigenvalue weighted by molar-refractivity contribution is 5.93. The lowest BCUT2D eigenvalue weighted by Gasteiger charge is -2.19. The quantitative estimate of drug-likeness (QED) is 0.676. The third-order valence-electron chi connectivity index (χ3n) is 5.23. The predicted molar refractivity (Wildman–Crippen MR) is 109 cm³/mol. The number of ether oxygens (including phenoxy) is 1. The van der Waals surface area contributed by atoms with Gasteiger partial charge >= 0.3 is 0 Å². The van der Waals surface area contributed by atoms with Crippen molar-refractivity contribution in [2.75, 3.05) is 7.11 Å². The Kier molecular flexibility index (Phi) is 4.46. The van der Waals surface area contributed by atoms with Crippen LogP contribution in [0.5, 0.6) is 5.75 Å². The minimum atomic E-state index is -0.0339. The summed E-state index contributed by atoms with van der Waals surface area (Å²) in [7, 11) is 1.65. The molecule has 5 nitrogen and oxygen atoms in total. The lowest BCUT2D eigenvalue weighted by molar-refractivity contribution is 0.0753. The number of hydrogen-bond acceptors (Lipinski definition) is 3. The minimum Gasteiger partial charge on any atom is -0.497 e. The fourth-order valence-electron chi connectivity index (χ4n) is 3.51. The van der Waals surface area contributed by atoms with Gasteiger partial charge in [-0.2, -0.15) is 0 Å². The molecule has 0 N–H and O–H groups in total. The predicted octanol–water partition coefficient (Wildman–Crippen LogP) is 4.47. The van der Waals surface area contributed by atoms with Crippen molar-refractivity contribution in [1.82, 2.24) is 14.5 Å². The van der Waals surface area contributed by atoms with Crippen molar-refractivity contribution < 1.29 is 9.53 Å². The van der Waals surface area contributed by atoms with Crippen molar-refractivity contribution in [2.45, 2.75) is 39.4 Å². The number of methoxy groups -OCH3 is 1. The van der Waals surface area contributed by atoms with Gasteiger partial charge in [0.2, 0.25) is 5.82 Å². The average molecular weight is 375 g/mol. The van der Waals surface area contributed by atoms with Crippen LogP contribution in [0.1, 0.15) is 42.5 Å². The highest BCUT2D eigenvalue weighted by Crippen LogP contribution is 2.29. The van der Waals surface area contributed by atoms with Crippen molar-refractivity contribution in [2.24, 2.45) is 0 Å². The van der Waals surface area contributed by atoms with E-state index >= 15 is 0 Å². The molecular weight excluding hydrogens is 350 g/mol. The van der Waals surface area contributed by atoms with Crippen molar-refractivity contribution in [1.29, 1.82) is 0 Å². The average Bonchev–Trinajstić information content (AvgIpc) is 3.22. The third kappa shape index (κ3) is 3.28. The molecule has 144 valence electrons. The summed E-state index contributed by atoms with van der Waals surface area (Å²) in [6.07, 6.45) is 1.80. The van der Waals surface area contributed by atoms with Crippen LogP contribution in [0.25, 0.3) is 11.3 Å². The molecule has 0 spiro atoms. The number of carbonyl (C=O) groups excluding carboxylic acids is 1. The molecular formula is C23H25N3O2. The number of carbonyl (C=O) groups is 1. The maximum Gasteiger partial charge on any atom is 0.291 e. The number of imidazole rings is 1. The van der Waals surface area contributed by atoms with E-state index in [0.717, 1.165) is 22.6 Å². The summed E-state index contributed by atoms with van der Waals surface area (Å²) in [5.74, 6) is 1.28. The lowest BCUT2D eigenvalue weighted by atomic mass is 9.86. The summed E-state index contributed by atoms with van der Waals surface area (Å²) >= 11 is 0. The fourth-order valence-corrected chi connectivity index (χ4v) is 3.51. The molecule has 0 bridgehead atoms. The van der Waals surface area contributed by atoms with E-state index in [1.54, 1.807) is 13.3 Å². The molecule has 0 fully saturated rings. The van der Waals surface area contributed by atoms with Crippen LogP contribution in [0.3, 0.4) is 0 Å². The monoisotopic (exact) mass is 375 g/mol. The molecule has 0 unspecified atom stereocenters. The SMILES string of the molecule is COc1ccc(CN2Cn3c(-c4ccc(C(C)(C)C)cc4)cnc3C2=O)cc1. The van der Waals surface area contributed by atoms with Gasteiger partial charge in [0.15, 0.2) is 0 Å². The van der Waals surface area contributed by atoms with Gasteiger partial charge in [-0.15, -0.1) is 0 Å². The molecule has 0 aliphatic carbocycles. The van der Waals surface area contributed by atoms with Crippen LogP contribution in [0.4, 0.5) is 0 Å². The molecule has 3 aromatic rings. The van der Waals surface area contributed by atoms with E-state index in [9.17, 15) is 4.79 Å². The Morgan fingerprint density at radius 3 is 2.32 bits per heavy atom. The van der Waals surface area contributed by atoms with Crippen molar-refractivity contribution in [3.05, 3.63) is 71.7 Å². The zero-order valence-electron chi connectivity index (χ0n) is 16.8. The van der Waals surface area contributed by atoms with Gasteiger partial charge in [0.25, 0.3) is 5.91 Å². The van der Waals surface area contributed by atoms with Crippen LogP contribution in [0.15, 0.2) is 54.7 Å². The van der Waals surface area contributed by atoms with Gasteiger partial charge in [-0.05, 0) is 34.2 Å². The first kappa shape index (κ1) is 18.3. The zero-order chi connectivity index (χ0) is 19.9. The molecule has 2 heterocycles. The summed E-state index contributed by atoms with van der Waals surface area (Å²) in [4.78, 5) is 19.0. The Balaban J connectivity index is 1.56. The van der Waals surface area contributed by atoms with Gasteiger partial charge in [0.05, 0.1) is 19.0 Å². The van der Waals surface area contributed by atoms with E-state index in [-0.39, 0.29) is 11.3 Å². The summed E-state index contributed by atoms with van der Waals surface area (Å²) < 4.78 is 7.20. The number of nitrogens with zero attached hydrogens (tertiary/aromatic N) is 3. The molecule has 5 heteroatoms. The Morgan fingerprint density at radius 1 is 1.04 bits per heavy atom. The van der Waals surface area contributed by atoms with Crippen LogP contribution < -0.4 is 4.74 Å². The first-order valence-corrected chi connectivity index (χ1v) is 9.45. The van der Waals surface area contributed by atoms with Gasteiger partial charge in [-0.1, -0.05) is 57.2 Å². The Hall–Kier alpha value is -3.08. The van der Waals surface area contributed by atoms with Crippen LogP contribution in [0.2, 0.25) is 0 Å². The summed E-state index contributed by atoms with van der Waals surface area (Å²) in [6.45, 7) is 7.67. The molecule has 0 radical (unpaired) electrons. The van der Waals surface area contributed by atoms with Crippen molar-refractivity contribution in [3.63, 3.8) is 0 Å². The first-order valence-electron chi connectivity index (χ1n) is 9.45. The second-order valence-corrected chi connectivity index (χ2v) is 8.22. The fraction of sp³-hybridized carbons (Fsp3) is 0.304. The number of hydrogen-bond donors (Lipinski definition) is 0. The van der Waals surface area contributed by atoms with Gasteiger partial charge in [0.1, 0.15) is 12.4 Å². The number of rotatable bonds is 4. The molecule has 2 aromatic carbocycles. The summed E-state index contributed by atoms with van der Waals surface area (Å²) in [5.41, 5.74) is 4.51. The van der Waals surface area contributed by atoms with Gasteiger partial charge in [-0.3, -0.25) is 4.79 Å². The molecule has 1 aliphatic rings. The highest BCUT2D eigenvalue weighted by atomic mass is 16.5. The van der Waals surface area contributed by atoms with E-state index in [1.807, 2.05) is 33.7 Å². The van der Waals surface area contributed by atoms with Crippen molar-refractivity contribution in [3.8, 4) is 17.0 Å². The standard InChI is InChI=1S/C23H25N3O2/c1-23(2,3)18-9-7-17(8-10-18)20-13-24-21-22(27)25(15-26(20)21)14-16-5-11-19(28-4)12-6-16/h5-13H,14-15H2,1-4H3. The second kappa shape index (κ2) is 6.82. The lowest BCUT2D eigenvalue weighted by Crippen LogP contribution is -2.24. The normalized spacial score (nSPS) is 13.7. The van der Waals surface area contributed by atoms with E-state index in [1.165, 1.54) is 5.56 Å². The number of amides is 1. The Bertz CT molecular complexity index is 996. The van der Waals surface area contributed by atoms with E-state index in [0.29, 0.717) is 19.0 Å². The minimum absolute atomic E-state index is 0.0339. The van der Waals surface area contributed by atoms with E-state index < -0.39 is 0 Å². The molecule has 1 aliphatic heterocycles. The number of fused-ring (bicyclic) bond motifs is 1. The Labute approximate surface area is 165 Å². The first-order chi connectivity index (χ1) is 13.4. The maximum absolute atomic E-state index is 12.8. The molecule has 0 saturated heterocycles. The van der Waals surface area contributed by atoms with Crippen LogP contribution in [0, 0.1) is 0 Å². The third-order valence-corrected chi connectivity index (χ3v) is 5.23. The van der Waals surface area contributed by atoms with Crippen LogP contribution >= 0.6 is 0 Å². The smallest absolute Gasteiger partial charge is 0.291 e. The van der Waals surface area contributed by atoms with E-state index in [4.69, 9.17) is 4.74 Å². The molecule has 4 rings (SSSR count). The molecule has 0 atom stereocenters. The molecule has 28 heavy (non-hydrogen) atoms. The topological polar surface area (TPSA) is 47.4 Å². The largest absolute Gasteiger partial charge is 0.497 e.